The summed E-state index contributed by atoms with van der Waals surface area (Å²) in [5.74, 6) is 4.86. The van der Waals surface area contributed by atoms with E-state index in [0.717, 1.165) is 126 Å². The Morgan fingerprint density at radius 2 is 0.676 bits per heavy atom. The highest BCUT2D eigenvalue weighted by molar-refractivity contribution is 5.52. The quantitative estimate of drug-likeness (QED) is 0.0454. The molecular formula is C63H76O8. The van der Waals surface area contributed by atoms with Crippen molar-refractivity contribution in [3.05, 3.63) is 168 Å². The molecule has 4 aliphatic heterocycles. The lowest BCUT2D eigenvalue weighted by Gasteiger charge is -2.52. The Morgan fingerprint density at radius 3 is 0.887 bits per heavy atom. The molecule has 0 N–H and O–H groups in total. The minimum absolute atomic E-state index is 0.138. The van der Waals surface area contributed by atoms with Crippen LogP contribution in [0.3, 0.4) is 0 Å². The van der Waals surface area contributed by atoms with Gasteiger partial charge in [-0.2, -0.15) is 0 Å². The van der Waals surface area contributed by atoms with E-state index < -0.39 is 0 Å². The van der Waals surface area contributed by atoms with Gasteiger partial charge in [-0.3, -0.25) is 0 Å². The van der Waals surface area contributed by atoms with Crippen LogP contribution in [0.15, 0.2) is 123 Å². The second-order valence-electron chi connectivity index (χ2n) is 21.9. The van der Waals surface area contributed by atoms with Crippen molar-refractivity contribution in [2.75, 3.05) is 52.9 Å². The monoisotopic (exact) mass is 961 g/mol. The van der Waals surface area contributed by atoms with Crippen LogP contribution in [0.1, 0.15) is 110 Å². The summed E-state index contributed by atoms with van der Waals surface area (Å²) >= 11 is 0. The van der Waals surface area contributed by atoms with Gasteiger partial charge in [-0.15, -0.1) is 26.3 Å². The van der Waals surface area contributed by atoms with Crippen LogP contribution in [0.5, 0.6) is 23.0 Å². The van der Waals surface area contributed by atoms with Gasteiger partial charge in [-0.1, -0.05) is 86.7 Å². The molecule has 4 heterocycles. The first-order valence-electron chi connectivity index (χ1n) is 26.6. The lowest BCUT2D eigenvalue weighted by atomic mass is 9.53. The van der Waals surface area contributed by atoms with Crippen LogP contribution in [-0.4, -0.2) is 77.3 Å². The summed E-state index contributed by atoms with van der Waals surface area (Å²) < 4.78 is 47.4. The van der Waals surface area contributed by atoms with Gasteiger partial charge in [0.15, 0.2) is 0 Å². The van der Waals surface area contributed by atoms with Crippen LogP contribution in [-0.2, 0) is 55.5 Å². The van der Waals surface area contributed by atoms with Gasteiger partial charge in [0, 0.05) is 10.8 Å². The highest BCUT2D eigenvalue weighted by Gasteiger charge is 2.49. The van der Waals surface area contributed by atoms with Crippen LogP contribution in [0, 0.1) is 17.3 Å². The Balaban J connectivity index is 0.933. The van der Waals surface area contributed by atoms with Crippen LogP contribution in [0.2, 0.25) is 0 Å². The molecule has 2 aliphatic carbocycles. The number of hydrogen-bond acceptors (Lipinski definition) is 8. The van der Waals surface area contributed by atoms with E-state index in [2.05, 4.69) is 113 Å². The third-order valence-electron chi connectivity index (χ3n) is 17.0. The van der Waals surface area contributed by atoms with Gasteiger partial charge in [-0.05, 0) is 163 Å². The molecule has 0 spiro atoms. The van der Waals surface area contributed by atoms with Crippen molar-refractivity contribution in [2.45, 2.75) is 126 Å². The maximum absolute atomic E-state index is 6.36. The summed E-state index contributed by atoms with van der Waals surface area (Å²) in [6, 6.07) is 27.8. The molecule has 8 heteroatoms. The Hall–Kier alpha value is -5.12. The van der Waals surface area contributed by atoms with E-state index in [9.17, 15) is 0 Å². The second-order valence-corrected chi connectivity index (χ2v) is 21.9. The first-order chi connectivity index (χ1) is 34.6. The topological polar surface area (TPSA) is 87.0 Å². The molecule has 4 unspecified atom stereocenters. The van der Waals surface area contributed by atoms with Gasteiger partial charge in [0.05, 0.1) is 26.4 Å². The lowest BCUT2D eigenvalue weighted by Crippen LogP contribution is -2.43. The van der Waals surface area contributed by atoms with Crippen LogP contribution in [0.4, 0.5) is 0 Å². The Bertz CT molecular complexity index is 2200. The van der Waals surface area contributed by atoms with Gasteiger partial charge in [0.25, 0.3) is 0 Å². The van der Waals surface area contributed by atoms with Crippen molar-refractivity contribution >= 4 is 0 Å². The number of rotatable bonds is 26. The minimum Gasteiger partial charge on any atom is -0.490 e. The predicted molar refractivity (Wildman–Crippen MR) is 282 cm³/mol. The van der Waals surface area contributed by atoms with Crippen molar-refractivity contribution in [2.24, 2.45) is 17.3 Å². The number of epoxide rings is 4. The van der Waals surface area contributed by atoms with Crippen molar-refractivity contribution < 1.29 is 37.9 Å². The third-order valence-corrected chi connectivity index (χ3v) is 17.0. The van der Waals surface area contributed by atoms with Crippen LogP contribution < -0.4 is 18.9 Å². The molecule has 4 aromatic rings. The standard InChI is InChI=1S/C63H76O8/c1-7-11-43-31-49(15-19-57(43)68-39-53-35-64-53)62(50-16-20-58(44(32-50)12-8-2)69-40-54-36-65-54)27-23-47(24-28-62)61(5,6)48-25-29-63(30-26-48,51-17-21-59(45(33-51)13-9-3)70-41-55-37-66-55)52-18-22-60(46(34-52)14-10-4)71-42-56-38-67-56/h7-10,15-22,31-34,47-48,53-56H,1-4,11-14,23-30,35-42H2,5-6H3. The van der Waals surface area contributed by atoms with Crippen molar-refractivity contribution in [3.63, 3.8) is 0 Å². The zero-order valence-corrected chi connectivity index (χ0v) is 42.4. The number of allylic oxidation sites excluding steroid dienone is 4. The van der Waals surface area contributed by atoms with Gasteiger partial charge < -0.3 is 37.9 Å². The molecule has 376 valence electrons. The van der Waals surface area contributed by atoms with E-state index in [1.807, 2.05) is 24.3 Å². The molecule has 4 aromatic carbocycles. The van der Waals surface area contributed by atoms with E-state index in [4.69, 9.17) is 37.9 Å². The predicted octanol–water partition coefficient (Wildman–Crippen LogP) is 12.4. The molecule has 6 aliphatic rings. The van der Waals surface area contributed by atoms with E-state index in [1.165, 1.54) is 44.5 Å². The average molecular weight is 961 g/mol. The summed E-state index contributed by atoms with van der Waals surface area (Å²) in [4.78, 5) is 0. The summed E-state index contributed by atoms with van der Waals surface area (Å²) in [6.45, 7) is 27.1. The summed E-state index contributed by atoms with van der Waals surface area (Å²) in [7, 11) is 0. The maximum Gasteiger partial charge on any atom is 0.122 e. The molecule has 0 amide bonds. The van der Waals surface area contributed by atoms with Gasteiger partial charge >= 0.3 is 0 Å². The molecule has 4 atom stereocenters. The highest BCUT2D eigenvalue weighted by Crippen LogP contribution is 2.58. The average Bonchev–Trinajstić information content (AvgIpc) is 4.14. The minimum atomic E-state index is -0.175. The summed E-state index contributed by atoms with van der Waals surface area (Å²) in [5, 5.41) is 0. The third kappa shape index (κ3) is 11.3. The van der Waals surface area contributed by atoms with Crippen molar-refractivity contribution in [3.8, 4) is 23.0 Å². The summed E-state index contributed by atoms with van der Waals surface area (Å²) in [5.41, 5.74) is 9.93. The largest absolute Gasteiger partial charge is 0.490 e. The number of ether oxygens (including phenoxy) is 8. The van der Waals surface area contributed by atoms with Crippen molar-refractivity contribution in [1.29, 1.82) is 0 Å². The van der Waals surface area contributed by atoms with E-state index in [1.54, 1.807) is 0 Å². The van der Waals surface area contributed by atoms with Crippen molar-refractivity contribution in [1.82, 2.24) is 0 Å². The molecule has 0 radical (unpaired) electrons. The molecule has 6 fully saturated rings. The normalized spacial score (nSPS) is 27.5. The van der Waals surface area contributed by atoms with E-state index in [-0.39, 0.29) is 40.7 Å². The fourth-order valence-corrected chi connectivity index (χ4v) is 12.3. The fourth-order valence-electron chi connectivity index (χ4n) is 12.3. The Morgan fingerprint density at radius 1 is 0.437 bits per heavy atom. The smallest absolute Gasteiger partial charge is 0.122 e. The molecule has 2 saturated carbocycles. The number of hydrogen-bond donors (Lipinski definition) is 0. The van der Waals surface area contributed by atoms with Crippen LogP contribution >= 0.6 is 0 Å². The van der Waals surface area contributed by atoms with Crippen LogP contribution in [0.25, 0.3) is 0 Å². The second kappa shape index (κ2) is 21.5. The summed E-state index contributed by atoms with van der Waals surface area (Å²) in [6.07, 6.45) is 20.5. The molecular weight excluding hydrogens is 885 g/mol. The molecule has 71 heavy (non-hydrogen) atoms. The molecule has 8 nitrogen and oxygen atoms in total. The highest BCUT2D eigenvalue weighted by atomic mass is 16.6. The zero-order chi connectivity index (χ0) is 49.0. The molecule has 0 bridgehead atoms. The molecule has 10 rings (SSSR count). The van der Waals surface area contributed by atoms with Gasteiger partial charge in [-0.25, -0.2) is 0 Å². The molecule has 0 aromatic heterocycles. The van der Waals surface area contributed by atoms with E-state index >= 15 is 0 Å². The first kappa shape index (κ1) is 49.5. The molecule has 4 saturated heterocycles. The van der Waals surface area contributed by atoms with Gasteiger partial charge in [0.2, 0.25) is 0 Å². The lowest BCUT2D eigenvalue weighted by molar-refractivity contribution is 0.0364. The number of benzene rings is 4. The zero-order valence-electron chi connectivity index (χ0n) is 42.4. The SMILES string of the molecule is C=CCc1cc(C2(c3ccc(OCC4CO4)c(CC=C)c3)CCC(C(C)(C)C3CCC(c4ccc(OCC5CO5)c(CC=C)c4)(c4ccc(OCC5CO5)c(CC=C)c4)CC3)CC2)ccc1OCC1CO1. The maximum atomic E-state index is 6.36. The first-order valence-corrected chi connectivity index (χ1v) is 26.6. The van der Waals surface area contributed by atoms with E-state index in [0.29, 0.717) is 38.3 Å². The Kier molecular flexibility index (Phi) is 15.0. The fraction of sp³-hybridized carbons (Fsp3) is 0.492. The van der Waals surface area contributed by atoms with Gasteiger partial charge in [0.1, 0.15) is 73.8 Å². The Labute approximate surface area is 423 Å².